The first-order valence-electron chi connectivity index (χ1n) is 11.0. The number of hydrogen-bond donors (Lipinski definition) is 3. The molecular formula is C23H28ClFN2O7S. The first-order valence-corrected chi connectivity index (χ1v) is 12.9. The molecule has 0 spiro atoms. The zero-order valence-corrected chi connectivity index (χ0v) is 20.7. The third-order valence-corrected chi connectivity index (χ3v) is 7.36. The summed E-state index contributed by atoms with van der Waals surface area (Å²) in [6, 6.07) is 9.66. The zero-order valence-electron chi connectivity index (χ0n) is 19.1. The molecule has 12 heteroatoms. The summed E-state index contributed by atoms with van der Waals surface area (Å²) in [5.74, 6) is -1.10. The molecule has 0 radical (unpaired) electrons. The van der Waals surface area contributed by atoms with E-state index in [1.165, 1.54) is 41.9 Å². The second kappa shape index (κ2) is 12.1. The van der Waals surface area contributed by atoms with Gasteiger partial charge in [-0.2, -0.15) is 4.72 Å². The molecule has 1 heterocycles. The number of hydroxylamine groups is 1. The second-order valence-electron chi connectivity index (χ2n) is 8.10. The van der Waals surface area contributed by atoms with Gasteiger partial charge in [-0.15, -0.1) is 0 Å². The van der Waals surface area contributed by atoms with Gasteiger partial charge < -0.3 is 14.2 Å². The molecule has 9 nitrogen and oxygen atoms in total. The van der Waals surface area contributed by atoms with Crippen LogP contribution in [0.3, 0.4) is 0 Å². The van der Waals surface area contributed by atoms with Gasteiger partial charge in [-0.25, -0.2) is 18.3 Å². The summed E-state index contributed by atoms with van der Waals surface area (Å²) in [6.07, 6.45) is 0.935. The topological polar surface area (TPSA) is 123 Å². The highest BCUT2D eigenvalue weighted by molar-refractivity contribution is 7.89. The van der Waals surface area contributed by atoms with Gasteiger partial charge in [0.25, 0.3) is 5.91 Å². The van der Waals surface area contributed by atoms with Crippen LogP contribution in [0.5, 0.6) is 5.75 Å². The van der Waals surface area contributed by atoms with Gasteiger partial charge in [-0.05, 0) is 56.2 Å². The lowest BCUT2D eigenvalue weighted by atomic mass is 9.95. The molecule has 192 valence electrons. The number of nitrogens with one attached hydrogen (secondary N) is 2. The van der Waals surface area contributed by atoms with Crippen LogP contribution in [0.2, 0.25) is 5.02 Å². The van der Waals surface area contributed by atoms with Crippen molar-refractivity contribution in [2.75, 3.05) is 19.8 Å². The van der Waals surface area contributed by atoms with Crippen molar-refractivity contribution in [2.45, 2.75) is 49.3 Å². The van der Waals surface area contributed by atoms with Gasteiger partial charge in [-0.3, -0.25) is 10.0 Å². The van der Waals surface area contributed by atoms with E-state index in [9.17, 15) is 22.8 Å². The third-order valence-electron chi connectivity index (χ3n) is 5.57. The van der Waals surface area contributed by atoms with E-state index in [0.717, 1.165) is 0 Å². The van der Waals surface area contributed by atoms with Gasteiger partial charge in [-0.1, -0.05) is 17.7 Å². The van der Waals surface area contributed by atoms with Crippen molar-refractivity contribution in [2.24, 2.45) is 0 Å². The summed E-state index contributed by atoms with van der Waals surface area (Å²) >= 11 is 5.74. The number of amides is 1. The standard InChI is InChI=1S/C23H28ClFN2O7S/c1-2-32-11-3-4-19-13-23(15-34-19,22(28)26-29)27-35(30,31)20-9-7-18(8-10-20)33-14-16-5-6-17(24)12-21(16)25/h5-10,12,19,27,29H,2-4,11,13-15H2,1H3,(H,26,28). The molecule has 1 amide bonds. The Bertz CT molecular complexity index is 1120. The second-order valence-corrected chi connectivity index (χ2v) is 10.2. The Hall–Kier alpha value is -2.28. The van der Waals surface area contributed by atoms with Crippen LogP contribution in [-0.4, -0.2) is 51.0 Å². The van der Waals surface area contributed by atoms with E-state index in [1.807, 2.05) is 6.92 Å². The highest BCUT2D eigenvalue weighted by atomic mass is 35.5. The molecule has 0 aliphatic carbocycles. The minimum Gasteiger partial charge on any atom is -0.489 e. The summed E-state index contributed by atoms with van der Waals surface area (Å²) in [7, 11) is -4.16. The molecule has 2 aromatic carbocycles. The maximum atomic E-state index is 13.9. The number of rotatable bonds is 12. The summed E-state index contributed by atoms with van der Waals surface area (Å²) < 4.78 is 58.9. The summed E-state index contributed by atoms with van der Waals surface area (Å²) in [6.45, 7) is 2.70. The van der Waals surface area contributed by atoms with Crippen molar-refractivity contribution in [3.8, 4) is 5.75 Å². The van der Waals surface area contributed by atoms with Crippen LogP contribution in [-0.2, 0) is 30.9 Å². The molecule has 1 aliphatic rings. The molecule has 2 atom stereocenters. The average molecular weight is 531 g/mol. The van der Waals surface area contributed by atoms with Crippen molar-refractivity contribution in [3.05, 3.63) is 58.9 Å². The van der Waals surface area contributed by atoms with E-state index in [4.69, 9.17) is 25.8 Å². The van der Waals surface area contributed by atoms with Crippen LogP contribution >= 0.6 is 11.6 Å². The van der Waals surface area contributed by atoms with Crippen molar-refractivity contribution >= 4 is 27.5 Å². The van der Waals surface area contributed by atoms with Crippen molar-refractivity contribution in [1.29, 1.82) is 0 Å². The van der Waals surface area contributed by atoms with E-state index in [2.05, 4.69) is 4.72 Å². The number of benzene rings is 2. The Labute approximate surface area is 208 Å². The molecule has 0 aromatic heterocycles. The first-order chi connectivity index (χ1) is 16.7. The smallest absolute Gasteiger partial charge is 0.267 e. The molecular weight excluding hydrogens is 503 g/mol. The largest absolute Gasteiger partial charge is 0.489 e. The van der Waals surface area contributed by atoms with Gasteiger partial charge in [0.15, 0.2) is 0 Å². The van der Waals surface area contributed by atoms with Gasteiger partial charge in [0.05, 0.1) is 17.6 Å². The maximum absolute atomic E-state index is 13.9. The third kappa shape index (κ3) is 7.12. The predicted octanol–water partition coefficient (Wildman–Crippen LogP) is 3.19. The molecule has 35 heavy (non-hydrogen) atoms. The molecule has 3 N–H and O–H groups in total. The first kappa shape index (κ1) is 27.3. The Kier molecular flexibility index (Phi) is 9.45. The van der Waals surface area contributed by atoms with Crippen molar-refractivity contribution in [3.63, 3.8) is 0 Å². The highest BCUT2D eigenvalue weighted by Crippen LogP contribution is 2.30. The highest BCUT2D eigenvalue weighted by Gasteiger charge is 2.49. The summed E-state index contributed by atoms with van der Waals surface area (Å²) in [4.78, 5) is 12.3. The van der Waals surface area contributed by atoms with Crippen LogP contribution in [0, 0.1) is 5.82 Å². The Morgan fingerprint density at radius 3 is 2.69 bits per heavy atom. The van der Waals surface area contributed by atoms with Crippen molar-refractivity contribution < 1.29 is 37.0 Å². The zero-order chi connectivity index (χ0) is 25.5. The molecule has 0 bridgehead atoms. The Morgan fingerprint density at radius 1 is 1.29 bits per heavy atom. The number of carbonyl (C=O) groups is 1. The lowest BCUT2D eigenvalue weighted by molar-refractivity contribution is -0.135. The normalized spacial score (nSPS) is 20.1. The summed E-state index contributed by atoms with van der Waals surface area (Å²) in [5.41, 5.74) is 0.170. The van der Waals surface area contributed by atoms with Gasteiger partial charge >= 0.3 is 0 Å². The molecule has 2 aromatic rings. The number of hydrogen-bond acceptors (Lipinski definition) is 7. The fourth-order valence-electron chi connectivity index (χ4n) is 3.72. The minimum atomic E-state index is -4.16. The molecule has 0 saturated carbocycles. The van der Waals surface area contributed by atoms with Crippen LogP contribution in [0.4, 0.5) is 4.39 Å². The fraction of sp³-hybridized carbons (Fsp3) is 0.435. The lowest BCUT2D eigenvalue weighted by Crippen LogP contribution is -2.59. The van der Waals surface area contributed by atoms with E-state index in [1.54, 1.807) is 6.07 Å². The maximum Gasteiger partial charge on any atom is 0.267 e. The molecule has 3 rings (SSSR count). The SMILES string of the molecule is CCOCCCC1CC(NS(=O)(=O)c2ccc(OCc3ccc(Cl)cc3F)cc2)(C(=O)NO)CO1. The van der Waals surface area contributed by atoms with Crippen LogP contribution in [0.1, 0.15) is 31.7 Å². The van der Waals surface area contributed by atoms with Crippen molar-refractivity contribution in [1.82, 2.24) is 10.2 Å². The predicted molar refractivity (Wildman–Crippen MR) is 125 cm³/mol. The molecule has 1 fully saturated rings. The van der Waals surface area contributed by atoms with Gasteiger partial charge in [0.2, 0.25) is 10.0 Å². The molecule has 2 unspecified atom stereocenters. The molecule has 1 saturated heterocycles. The number of carbonyl (C=O) groups excluding carboxylic acids is 1. The average Bonchev–Trinajstić information content (AvgIpc) is 3.24. The Morgan fingerprint density at radius 2 is 2.03 bits per heavy atom. The van der Waals surface area contributed by atoms with E-state index in [0.29, 0.717) is 37.4 Å². The van der Waals surface area contributed by atoms with E-state index < -0.39 is 27.3 Å². The van der Waals surface area contributed by atoms with Crippen LogP contribution in [0.25, 0.3) is 0 Å². The number of sulfonamides is 1. The van der Waals surface area contributed by atoms with Gasteiger partial charge in [0, 0.05) is 30.2 Å². The van der Waals surface area contributed by atoms with Crippen LogP contribution < -0.4 is 14.9 Å². The quantitative estimate of drug-likeness (QED) is 0.219. The monoisotopic (exact) mass is 530 g/mol. The number of ether oxygens (including phenoxy) is 3. The molecule has 1 aliphatic heterocycles. The summed E-state index contributed by atoms with van der Waals surface area (Å²) in [5, 5.41) is 9.49. The van der Waals surface area contributed by atoms with Gasteiger partial charge in [0.1, 0.15) is 23.7 Å². The fourth-order valence-corrected chi connectivity index (χ4v) is 5.24. The lowest BCUT2D eigenvalue weighted by Gasteiger charge is -2.26. The van der Waals surface area contributed by atoms with Crippen LogP contribution in [0.15, 0.2) is 47.4 Å². The number of halogens is 2. The Balaban J connectivity index is 1.66. The van der Waals surface area contributed by atoms with E-state index in [-0.39, 0.29) is 35.7 Å². The minimum absolute atomic E-state index is 0.0542. The van der Waals surface area contributed by atoms with E-state index >= 15 is 0 Å².